The van der Waals surface area contributed by atoms with Crippen LogP contribution < -0.4 is 5.32 Å². The van der Waals surface area contributed by atoms with Gasteiger partial charge in [-0.25, -0.2) is 0 Å². The molecule has 0 radical (unpaired) electrons. The van der Waals surface area contributed by atoms with Gasteiger partial charge in [-0.05, 0) is 50.1 Å². The predicted octanol–water partition coefficient (Wildman–Crippen LogP) is 3.40. The molecular weight excluding hydrogens is 334 g/mol. The van der Waals surface area contributed by atoms with E-state index in [1.54, 1.807) is 0 Å². The van der Waals surface area contributed by atoms with E-state index in [1.165, 1.54) is 11.8 Å². The first kappa shape index (κ1) is 16.3. The number of carbonyl (C=O) groups excluding carboxylic acids is 2. The van der Waals surface area contributed by atoms with Gasteiger partial charge in [0, 0.05) is 42.0 Å². The number of benzene rings is 1. The number of likely N-dealkylation sites (tertiary alicyclic amines) is 1. The van der Waals surface area contributed by atoms with Crippen molar-refractivity contribution in [3.63, 3.8) is 0 Å². The van der Waals surface area contributed by atoms with Gasteiger partial charge in [0.25, 0.3) is 5.91 Å². The summed E-state index contributed by atoms with van der Waals surface area (Å²) >= 11 is 1.54. The molecule has 130 valence electrons. The summed E-state index contributed by atoms with van der Waals surface area (Å²) in [5.41, 5.74) is 1.40. The molecule has 6 heteroatoms. The van der Waals surface area contributed by atoms with Crippen molar-refractivity contribution < 1.29 is 9.59 Å². The lowest BCUT2D eigenvalue weighted by atomic mass is 10.0. The molecule has 1 aromatic heterocycles. The van der Waals surface area contributed by atoms with Gasteiger partial charge in [0.05, 0.1) is 10.9 Å². The standard InChI is InChI=1S/C19H21N3O2S/c1-13-18(23)20-16-12-14(4-5-17(16)25-13)19(24)22-10-6-15(7-11-22)21-8-2-3-9-21/h2-5,8-9,12-13,15H,6-7,10-11H2,1H3,(H,20,23). The number of nitrogens with one attached hydrogen (secondary N) is 1. The first-order valence-corrected chi connectivity index (χ1v) is 9.53. The number of thioether (sulfide) groups is 1. The number of fused-ring (bicyclic) bond motifs is 1. The van der Waals surface area contributed by atoms with Gasteiger partial charge in [-0.2, -0.15) is 0 Å². The van der Waals surface area contributed by atoms with Crippen molar-refractivity contribution in [1.29, 1.82) is 0 Å². The maximum Gasteiger partial charge on any atom is 0.253 e. The highest BCUT2D eigenvalue weighted by Crippen LogP contribution is 2.36. The van der Waals surface area contributed by atoms with Crippen LogP contribution in [0.3, 0.4) is 0 Å². The van der Waals surface area contributed by atoms with Gasteiger partial charge >= 0.3 is 0 Å². The van der Waals surface area contributed by atoms with E-state index in [-0.39, 0.29) is 17.1 Å². The Hall–Kier alpha value is -2.21. The molecule has 0 aliphatic carbocycles. The van der Waals surface area contributed by atoms with Gasteiger partial charge in [-0.1, -0.05) is 0 Å². The first-order valence-electron chi connectivity index (χ1n) is 8.65. The highest BCUT2D eigenvalue weighted by molar-refractivity contribution is 8.00. The molecular formula is C19H21N3O2S. The first-order chi connectivity index (χ1) is 12.1. The molecule has 25 heavy (non-hydrogen) atoms. The fourth-order valence-electron chi connectivity index (χ4n) is 3.48. The third-order valence-corrected chi connectivity index (χ3v) is 6.14. The van der Waals surface area contributed by atoms with E-state index in [9.17, 15) is 9.59 Å². The van der Waals surface area contributed by atoms with Crippen LogP contribution in [0.2, 0.25) is 0 Å². The Morgan fingerprint density at radius 1 is 1.20 bits per heavy atom. The van der Waals surface area contributed by atoms with E-state index >= 15 is 0 Å². The molecule has 2 aliphatic heterocycles. The van der Waals surface area contributed by atoms with Crippen molar-refractivity contribution in [3.8, 4) is 0 Å². The van der Waals surface area contributed by atoms with E-state index in [4.69, 9.17) is 0 Å². The van der Waals surface area contributed by atoms with Crippen LogP contribution in [0.4, 0.5) is 5.69 Å². The van der Waals surface area contributed by atoms with Crippen LogP contribution in [0.25, 0.3) is 0 Å². The predicted molar refractivity (Wildman–Crippen MR) is 99.0 cm³/mol. The second kappa shape index (κ2) is 6.59. The van der Waals surface area contributed by atoms with Crippen molar-refractivity contribution in [2.24, 2.45) is 0 Å². The summed E-state index contributed by atoms with van der Waals surface area (Å²) in [5, 5.41) is 2.80. The van der Waals surface area contributed by atoms with Crippen LogP contribution >= 0.6 is 11.8 Å². The van der Waals surface area contributed by atoms with Crippen LogP contribution in [-0.2, 0) is 4.79 Å². The van der Waals surface area contributed by atoms with Gasteiger partial charge in [0.2, 0.25) is 5.91 Å². The molecule has 3 heterocycles. The Labute approximate surface area is 151 Å². The SMILES string of the molecule is CC1Sc2ccc(C(=O)N3CCC(n4cccc4)CC3)cc2NC1=O. The van der Waals surface area contributed by atoms with Crippen LogP contribution in [0.1, 0.15) is 36.2 Å². The molecule has 0 saturated carbocycles. The normalized spacial score (nSPS) is 20.9. The molecule has 5 nitrogen and oxygen atoms in total. The Bertz CT molecular complexity index is 795. The Morgan fingerprint density at radius 2 is 1.92 bits per heavy atom. The zero-order valence-electron chi connectivity index (χ0n) is 14.1. The van der Waals surface area contributed by atoms with E-state index < -0.39 is 0 Å². The van der Waals surface area contributed by atoms with Crippen molar-refractivity contribution in [1.82, 2.24) is 9.47 Å². The van der Waals surface area contributed by atoms with Gasteiger partial charge in [0.1, 0.15) is 0 Å². The van der Waals surface area contributed by atoms with Crippen LogP contribution in [0.15, 0.2) is 47.6 Å². The maximum absolute atomic E-state index is 12.8. The van der Waals surface area contributed by atoms with Crippen molar-refractivity contribution in [2.75, 3.05) is 18.4 Å². The highest BCUT2D eigenvalue weighted by Gasteiger charge is 2.27. The minimum atomic E-state index is -0.0956. The fraction of sp³-hybridized carbons (Fsp3) is 0.368. The molecule has 0 spiro atoms. The maximum atomic E-state index is 12.8. The molecule has 4 rings (SSSR count). The van der Waals surface area contributed by atoms with Gasteiger partial charge in [-0.3, -0.25) is 9.59 Å². The Morgan fingerprint density at radius 3 is 2.64 bits per heavy atom. The number of anilines is 1. The molecule has 1 unspecified atom stereocenters. The Balaban J connectivity index is 1.45. The lowest BCUT2D eigenvalue weighted by molar-refractivity contribution is -0.115. The number of piperidine rings is 1. The van der Waals surface area contributed by atoms with Crippen LogP contribution in [-0.4, -0.2) is 39.6 Å². The van der Waals surface area contributed by atoms with Gasteiger partial charge in [-0.15, -0.1) is 11.8 Å². The molecule has 1 aromatic carbocycles. The number of amides is 2. The number of carbonyl (C=O) groups is 2. The molecule has 1 atom stereocenters. The lowest BCUT2D eigenvalue weighted by Crippen LogP contribution is -2.39. The van der Waals surface area contributed by atoms with Crippen LogP contribution in [0, 0.1) is 0 Å². The van der Waals surface area contributed by atoms with Crippen molar-refractivity contribution >= 4 is 29.3 Å². The number of hydrogen-bond acceptors (Lipinski definition) is 3. The van der Waals surface area contributed by atoms with E-state index in [0.29, 0.717) is 11.6 Å². The minimum absolute atomic E-state index is 0.00497. The average Bonchev–Trinajstić information content (AvgIpc) is 3.16. The van der Waals surface area contributed by atoms with Gasteiger partial charge in [0.15, 0.2) is 0 Å². The topological polar surface area (TPSA) is 54.3 Å². The van der Waals surface area contributed by atoms with E-state index in [1.807, 2.05) is 42.2 Å². The quantitative estimate of drug-likeness (QED) is 0.898. The van der Waals surface area contributed by atoms with Crippen LogP contribution in [0.5, 0.6) is 0 Å². The second-order valence-electron chi connectivity index (χ2n) is 6.61. The fourth-order valence-corrected chi connectivity index (χ4v) is 4.41. The number of hydrogen-bond donors (Lipinski definition) is 1. The van der Waals surface area contributed by atoms with Crippen molar-refractivity contribution in [2.45, 2.75) is 36.0 Å². The molecule has 2 aliphatic rings. The summed E-state index contributed by atoms with van der Waals surface area (Å²) in [6.07, 6.45) is 6.12. The summed E-state index contributed by atoms with van der Waals surface area (Å²) in [4.78, 5) is 27.6. The highest BCUT2D eigenvalue weighted by atomic mass is 32.2. The van der Waals surface area contributed by atoms with E-state index in [2.05, 4.69) is 22.3 Å². The largest absolute Gasteiger partial charge is 0.351 e. The third-order valence-electron chi connectivity index (χ3n) is 4.96. The van der Waals surface area contributed by atoms with Crippen molar-refractivity contribution in [3.05, 3.63) is 48.3 Å². The number of rotatable bonds is 2. The smallest absolute Gasteiger partial charge is 0.253 e. The summed E-state index contributed by atoms with van der Waals surface area (Å²) in [7, 11) is 0. The second-order valence-corrected chi connectivity index (χ2v) is 8.00. The molecule has 1 fully saturated rings. The van der Waals surface area contributed by atoms with Gasteiger partial charge < -0.3 is 14.8 Å². The summed E-state index contributed by atoms with van der Waals surface area (Å²) < 4.78 is 2.23. The number of aromatic nitrogens is 1. The molecule has 1 saturated heterocycles. The molecule has 0 bridgehead atoms. The summed E-state index contributed by atoms with van der Waals surface area (Å²) in [5.74, 6) is 0.0428. The summed E-state index contributed by atoms with van der Waals surface area (Å²) in [6, 6.07) is 10.2. The molecule has 2 aromatic rings. The third kappa shape index (κ3) is 3.18. The van der Waals surface area contributed by atoms with E-state index in [0.717, 1.165) is 36.5 Å². The lowest BCUT2D eigenvalue weighted by Gasteiger charge is -2.33. The zero-order chi connectivity index (χ0) is 17.4. The summed E-state index contributed by atoms with van der Waals surface area (Å²) in [6.45, 7) is 3.41. The number of nitrogens with zero attached hydrogens (tertiary/aromatic N) is 2. The monoisotopic (exact) mass is 355 g/mol. The average molecular weight is 355 g/mol. The molecule has 2 amide bonds. The minimum Gasteiger partial charge on any atom is -0.351 e. The Kier molecular flexibility index (Phi) is 4.29. The molecule has 1 N–H and O–H groups in total. The zero-order valence-corrected chi connectivity index (χ0v) is 15.0.